The van der Waals surface area contributed by atoms with Crippen LogP contribution in [-0.2, 0) is 11.8 Å². The molecule has 3 atom stereocenters. The fourth-order valence-electron chi connectivity index (χ4n) is 4.63. The van der Waals surface area contributed by atoms with Gasteiger partial charge in [0.1, 0.15) is 12.8 Å². The van der Waals surface area contributed by atoms with Gasteiger partial charge in [0.25, 0.3) is 5.91 Å². The maximum atomic E-state index is 13.7. The summed E-state index contributed by atoms with van der Waals surface area (Å²) in [4.78, 5) is 40.1. The third-order valence-corrected chi connectivity index (χ3v) is 8.57. The minimum absolute atomic E-state index is 0.0608. The van der Waals surface area contributed by atoms with Crippen LogP contribution in [0.2, 0.25) is 0 Å². The number of hydrogen-bond donors (Lipinski definition) is 2. The smallest absolute Gasteiger partial charge is 0.375 e. The first kappa shape index (κ1) is 27.7. The van der Waals surface area contributed by atoms with E-state index in [0.717, 1.165) is 25.0 Å². The van der Waals surface area contributed by atoms with Crippen LogP contribution in [0.3, 0.4) is 0 Å². The molecule has 2 N–H and O–H groups in total. The van der Waals surface area contributed by atoms with E-state index in [-0.39, 0.29) is 29.9 Å². The van der Waals surface area contributed by atoms with Crippen LogP contribution >= 0.6 is 11.8 Å². The fraction of sp³-hybridized carbons (Fsp3) is 0.481. The van der Waals surface area contributed by atoms with Crippen LogP contribution in [0.25, 0.3) is 0 Å². The van der Waals surface area contributed by atoms with Crippen LogP contribution in [0, 0.1) is 5.95 Å². The average Bonchev–Trinajstić information content (AvgIpc) is 3.46. The molecule has 38 heavy (non-hydrogen) atoms. The maximum absolute atomic E-state index is 13.7. The van der Waals surface area contributed by atoms with Gasteiger partial charge in [0.15, 0.2) is 0 Å². The number of hydrogen-bond acceptors (Lipinski definition) is 5. The topological polar surface area (TPSA) is 94.9 Å². The lowest BCUT2D eigenvalue weighted by Gasteiger charge is -2.23. The number of nitrogens with one attached hydrogen (secondary N) is 2. The molecule has 2 aromatic rings. The lowest BCUT2D eigenvalue weighted by Crippen LogP contribution is -2.37. The number of carbonyl (C=O) groups excluding carboxylic acids is 3. The molecule has 2 fully saturated rings. The lowest BCUT2D eigenvalue weighted by molar-refractivity contribution is -0.703. The molecule has 9 nitrogen and oxygen atoms in total. The number of ether oxygens (including phenoxy) is 1. The number of benzene rings is 1. The van der Waals surface area contributed by atoms with Gasteiger partial charge in [-0.15, -0.1) is 8.96 Å². The van der Waals surface area contributed by atoms with Crippen molar-refractivity contribution >= 4 is 29.6 Å². The quantitative estimate of drug-likeness (QED) is 0.196. The van der Waals surface area contributed by atoms with Crippen LogP contribution < -0.4 is 19.9 Å². The van der Waals surface area contributed by atoms with E-state index in [2.05, 4.69) is 10.6 Å². The largest absolute Gasteiger partial charge is 0.405 e. The number of likely N-dealkylation sites (N-methyl/N-ethyl adjacent to an activating group) is 2. The Bertz CT molecular complexity index is 1160. The van der Waals surface area contributed by atoms with Gasteiger partial charge in [0.2, 0.25) is 5.91 Å². The second-order valence-corrected chi connectivity index (χ2v) is 11.1. The van der Waals surface area contributed by atoms with E-state index in [4.69, 9.17) is 4.74 Å². The molecular formula is C27H35FN5O4S+. The van der Waals surface area contributed by atoms with Crippen molar-refractivity contribution in [2.75, 3.05) is 32.9 Å². The van der Waals surface area contributed by atoms with Gasteiger partial charge in [-0.2, -0.15) is 11.8 Å². The highest BCUT2D eigenvalue weighted by Gasteiger charge is 2.42. The van der Waals surface area contributed by atoms with Crippen LogP contribution in [0.5, 0.6) is 11.6 Å². The average molecular weight is 545 g/mol. The first-order valence-electron chi connectivity index (χ1n) is 12.8. The second-order valence-electron chi connectivity index (χ2n) is 9.78. The van der Waals surface area contributed by atoms with Gasteiger partial charge in [-0.3, -0.25) is 9.59 Å². The minimum atomic E-state index is -0.418. The predicted octanol–water partition coefficient (Wildman–Crippen LogP) is 2.70. The molecule has 0 aliphatic carbocycles. The predicted molar refractivity (Wildman–Crippen MR) is 143 cm³/mol. The van der Waals surface area contributed by atoms with Gasteiger partial charge >= 0.3 is 17.9 Å². The minimum Gasteiger partial charge on any atom is -0.405 e. The van der Waals surface area contributed by atoms with Crippen molar-refractivity contribution in [3.8, 4) is 11.6 Å². The summed E-state index contributed by atoms with van der Waals surface area (Å²) in [5.74, 6) is 1.26. The molecule has 1 aromatic heterocycles. The Labute approximate surface area is 226 Å². The Balaban J connectivity index is 1.16. The van der Waals surface area contributed by atoms with Crippen molar-refractivity contribution in [2.24, 2.45) is 7.05 Å². The third-order valence-electron chi connectivity index (χ3n) is 7.06. The Hall–Kier alpha value is -3.34. The van der Waals surface area contributed by atoms with Crippen LogP contribution in [0.1, 0.15) is 36.0 Å². The van der Waals surface area contributed by atoms with Gasteiger partial charge in [0.05, 0.1) is 18.2 Å². The van der Waals surface area contributed by atoms with Crippen molar-refractivity contribution in [3.63, 3.8) is 0 Å². The summed E-state index contributed by atoms with van der Waals surface area (Å²) in [6, 6.07) is 11.6. The first-order chi connectivity index (χ1) is 18.2. The Morgan fingerprint density at radius 2 is 1.82 bits per heavy atom. The highest BCUT2D eigenvalue weighted by molar-refractivity contribution is 8.00. The summed E-state index contributed by atoms with van der Waals surface area (Å²) < 4.78 is 20.7. The number of rotatable bonds is 11. The molecule has 11 heteroatoms. The summed E-state index contributed by atoms with van der Waals surface area (Å²) in [5, 5.41) is 6.35. The maximum Gasteiger partial charge on any atom is 0.375 e. The number of fused-ring (bicyclic) bond motifs is 1. The molecule has 4 amide bonds. The van der Waals surface area contributed by atoms with Gasteiger partial charge in [0, 0.05) is 56.2 Å². The molecule has 0 radical (unpaired) electrons. The number of thioether (sulfide) groups is 1. The Kier molecular flexibility index (Phi) is 9.09. The highest BCUT2D eigenvalue weighted by Crippen LogP contribution is 2.33. The Morgan fingerprint density at radius 3 is 2.58 bits per heavy atom. The fourth-order valence-corrected chi connectivity index (χ4v) is 6.17. The highest BCUT2D eigenvalue weighted by atomic mass is 32.2. The molecule has 4 rings (SSSR count). The van der Waals surface area contributed by atoms with Crippen molar-refractivity contribution in [3.05, 3.63) is 54.0 Å². The summed E-state index contributed by atoms with van der Waals surface area (Å²) in [6.45, 7) is 0.852. The van der Waals surface area contributed by atoms with E-state index in [1.807, 2.05) is 11.8 Å². The summed E-state index contributed by atoms with van der Waals surface area (Å²) in [5.41, 5.74) is 0.498. The number of halogens is 1. The molecule has 0 unspecified atom stereocenters. The molecule has 1 aromatic carbocycles. The van der Waals surface area contributed by atoms with E-state index >= 15 is 0 Å². The number of aromatic nitrogens is 1. The normalized spacial score (nSPS) is 19.9. The van der Waals surface area contributed by atoms with Gasteiger partial charge < -0.3 is 25.2 Å². The van der Waals surface area contributed by atoms with E-state index in [1.165, 1.54) is 10.6 Å². The monoisotopic (exact) mass is 544 g/mol. The molecule has 3 heterocycles. The molecule has 0 bridgehead atoms. The SMILES string of the molecule is CN(CCN(C)C(=O)c1ccc(Oc2cccc(F)[n+]2C)cc1)C(=O)CCCC[C@@H]1SC[C@@H]2NC(=O)N[C@@H]21. The second kappa shape index (κ2) is 12.5. The van der Waals surface area contributed by atoms with Crippen LogP contribution in [0.4, 0.5) is 9.18 Å². The zero-order chi connectivity index (χ0) is 27.2. The zero-order valence-corrected chi connectivity index (χ0v) is 22.8. The summed E-state index contributed by atoms with van der Waals surface area (Å²) in [7, 11) is 5.04. The number of unbranched alkanes of at least 4 members (excludes halogenated alkanes) is 1. The third kappa shape index (κ3) is 6.75. The molecule has 0 saturated carbocycles. The number of pyridine rings is 1. The molecule has 2 saturated heterocycles. The van der Waals surface area contributed by atoms with E-state index < -0.39 is 5.95 Å². The number of urea groups is 1. The van der Waals surface area contributed by atoms with Crippen LogP contribution in [0.15, 0.2) is 42.5 Å². The van der Waals surface area contributed by atoms with Gasteiger partial charge in [-0.1, -0.05) is 6.42 Å². The lowest BCUT2D eigenvalue weighted by atomic mass is 10.0. The number of carbonyl (C=O) groups is 3. The van der Waals surface area contributed by atoms with Crippen molar-refractivity contribution < 1.29 is 28.1 Å². The molecule has 2 aliphatic heterocycles. The first-order valence-corrected chi connectivity index (χ1v) is 13.9. The van der Waals surface area contributed by atoms with Crippen molar-refractivity contribution in [1.82, 2.24) is 20.4 Å². The number of nitrogens with zero attached hydrogens (tertiary/aromatic N) is 3. The van der Waals surface area contributed by atoms with Crippen molar-refractivity contribution in [1.29, 1.82) is 0 Å². The van der Waals surface area contributed by atoms with E-state index in [9.17, 15) is 18.8 Å². The number of amides is 4. The summed E-state index contributed by atoms with van der Waals surface area (Å²) in [6.07, 6.45) is 3.18. The van der Waals surface area contributed by atoms with Crippen LogP contribution in [-0.4, -0.2) is 77.9 Å². The zero-order valence-electron chi connectivity index (χ0n) is 22.0. The summed E-state index contributed by atoms with van der Waals surface area (Å²) >= 11 is 1.88. The van der Waals surface area contributed by atoms with Crippen molar-refractivity contribution in [2.45, 2.75) is 43.0 Å². The standard InChI is InChI=1S/C27H34FN5O4S/c1-31(23(34)9-5-4-7-21-25-20(17-38-21)29-27(36)30-25)15-16-32(2)26(35)18-11-13-19(14-12-18)37-24-10-6-8-22(28)33(24)3/h6,8,10-14,20-21,25H,4-5,7,9,15-17H2,1-3H3,(H-,29,30,36)/p+1/t20-,21-,25-/m0/s1. The van der Waals surface area contributed by atoms with E-state index in [1.54, 1.807) is 67.3 Å². The molecule has 0 spiro atoms. The molecule has 2 aliphatic rings. The van der Waals surface area contributed by atoms with Gasteiger partial charge in [-0.05, 0) is 43.2 Å². The Morgan fingerprint density at radius 1 is 1.08 bits per heavy atom. The van der Waals surface area contributed by atoms with Gasteiger partial charge in [-0.25, -0.2) is 4.79 Å². The van der Waals surface area contributed by atoms with E-state index in [0.29, 0.717) is 42.0 Å². The molecule has 204 valence electrons. The molecular weight excluding hydrogens is 509 g/mol.